The van der Waals surface area contributed by atoms with Crippen molar-refractivity contribution in [2.75, 3.05) is 11.9 Å². The van der Waals surface area contributed by atoms with E-state index in [-0.39, 0.29) is 17.8 Å². The van der Waals surface area contributed by atoms with Gasteiger partial charge in [0, 0.05) is 36.9 Å². The van der Waals surface area contributed by atoms with Gasteiger partial charge in [0.05, 0.1) is 17.8 Å². The van der Waals surface area contributed by atoms with Gasteiger partial charge in [0.2, 0.25) is 0 Å². The van der Waals surface area contributed by atoms with E-state index in [1.165, 1.54) is 0 Å². The van der Waals surface area contributed by atoms with E-state index in [0.29, 0.717) is 23.2 Å². The minimum Gasteiger partial charge on any atom is -0.507 e. The van der Waals surface area contributed by atoms with Crippen LogP contribution in [0.25, 0.3) is 22.2 Å². The second kappa shape index (κ2) is 7.18. The lowest BCUT2D eigenvalue weighted by atomic mass is 9.82. The van der Waals surface area contributed by atoms with Crippen molar-refractivity contribution in [3.8, 4) is 17.1 Å². The number of alkyl halides is 1. The minimum atomic E-state index is -0.948. The number of phenolic OH excluding ortho intramolecular Hbond substituents is 1. The summed E-state index contributed by atoms with van der Waals surface area (Å²) in [6.45, 7) is 0. The highest BCUT2D eigenvalue weighted by molar-refractivity contribution is 5.88. The second-order valence-electron chi connectivity index (χ2n) is 7.99. The zero-order valence-corrected chi connectivity index (χ0v) is 16.2. The smallest absolute Gasteiger partial charge is 0.185 e. The standard InChI is InChI=1S/C21H23FN6O/c1-28(17-9-14-3-2-4-16(25-14)20(17)22)19-11-24-21(27-26-19)15-7-12-5-6-23-10-13(12)8-18(15)29/h5-8,10-11,14,16-17,20,25,29H,2-4,9H2,1H3/t14?,16?,17-,20-/m1/s1. The van der Waals surface area contributed by atoms with Crippen molar-refractivity contribution in [3.63, 3.8) is 0 Å². The summed E-state index contributed by atoms with van der Waals surface area (Å²) in [5, 5.41) is 24.0. The molecule has 4 atom stereocenters. The molecule has 0 amide bonds. The van der Waals surface area contributed by atoms with E-state index in [9.17, 15) is 9.50 Å². The van der Waals surface area contributed by atoms with Crippen molar-refractivity contribution in [3.05, 3.63) is 36.8 Å². The van der Waals surface area contributed by atoms with Crippen molar-refractivity contribution < 1.29 is 9.50 Å². The fourth-order valence-electron chi connectivity index (χ4n) is 4.58. The number of rotatable bonds is 3. The average Bonchev–Trinajstić information content (AvgIpc) is 2.76. The van der Waals surface area contributed by atoms with E-state index in [2.05, 4.69) is 25.5 Å². The highest BCUT2D eigenvalue weighted by Crippen LogP contribution is 2.33. The number of nitrogens with zero attached hydrogens (tertiary/aromatic N) is 5. The van der Waals surface area contributed by atoms with Gasteiger partial charge in [-0.15, -0.1) is 10.2 Å². The first kappa shape index (κ1) is 18.2. The molecule has 0 spiro atoms. The summed E-state index contributed by atoms with van der Waals surface area (Å²) < 4.78 is 15.0. The predicted octanol–water partition coefficient (Wildman–Crippen LogP) is 2.85. The van der Waals surface area contributed by atoms with Gasteiger partial charge in [-0.25, -0.2) is 9.37 Å². The lowest BCUT2D eigenvalue weighted by Gasteiger charge is -2.45. The van der Waals surface area contributed by atoms with E-state index < -0.39 is 6.17 Å². The van der Waals surface area contributed by atoms with Crippen molar-refractivity contribution in [2.45, 2.75) is 50.0 Å². The normalized spacial score (nSPS) is 26.4. The predicted molar refractivity (Wildman–Crippen MR) is 108 cm³/mol. The van der Waals surface area contributed by atoms with Gasteiger partial charge in [0.25, 0.3) is 0 Å². The molecule has 2 unspecified atom stereocenters. The molecule has 0 radical (unpaired) electrons. The van der Waals surface area contributed by atoms with Crippen LogP contribution in [0, 0.1) is 0 Å². The molecule has 29 heavy (non-hydrogen) atoms. The maximum Gasteiger partial charge on any atom is 0.185 e. The Morgan fingerprint density at radius 1 is 1.17 bits per heavy atom. The summed E-state index contributed by atoms with van der Waals surface area (Å²) in [5.41, 5.74) is 0.505. The minimum absolute atomic E-state index is 0.0726. The van der Waals surface area contributed by atoms with Crippen LogP contribution in [-0.4, -0.2) is 56.6 Å². The number of phenols is 1. The van der Waals surface area contributed by atoms with Gasteiger partial charge < -0.3 is 15.3 Å². The van der Waals surface area contributed by atoms with E-state index in [0.717, 1.165) is 36.5 Å². The SMILES string of the molecule is CN(c1cnc(-c2cc3ccncc3cc2O)nn1)[C@@H]1CC2CCCC(N2)[C@H]1F. The number of hydrogen-bond donors (Lipinski definition) is 2. The van der Waals surface area contributed by atoms with Gasteiger partial charge in [0.1, 0.15) is 11.9 Å². The molecule has 0 aliphatic carbocycles. The monoisotopic (exact) mass is 394 g/mol. The summed E-state index contributed by atoms with van der Waals surface area (Å²) in [5.74, 6) is 0.937. The fourth-order valence-corrected chi connectivity index (χ4v) is 4.58. The number of anilines is 1. The van der Waals surface area contributed by atoms with Crippen LogP contribution in [0.2, 0.25) is 0 Å². The molecule has 2 N–H and O–H groups in total. The van der Waals surface area contributed by atoms with E-state index in [1.807, 2.05) is 24.1 Å². The molecule has 150 valence electrons. The zero-order chi connectivity index (χ0) is 20.0. The van der Waals surface area contributed by atoms with Crippen molar-refractivity contribution in [1.82, 2.24) is 25.5 Å². The Kier molecular flexibility index (Phi) is 4.50. The second-order valence-corrected chi connectivity index (χ2v) is 7.99. The van der Waals surface area contributed by atoms with Crippen LogP contribution in [0.3, 0.4) is 0 Å². The molecule has 2 aromatic heterocycles. The maximum atomic E-state index is 15.0. The van der Waals surface area contributed by atoms with Crippen LogP contribution in [0.15, 0.2) is 36.8 Å². The van der Waals surface area contributed by atoms with Crippen LogP contribution in [0.5, 0.6) is 5.75 Å². The third-order valence-electron chi connectivity index (χ3n) is 6.20. The highest BCUT2D eigenvalue weighted by Gasteiger charge is 2.42. The third-order valence-corrected chi connectivity index (χ3v) is 6.20. The van der Waals surface area contributed by atoms with Gasteiger partial charge in [-0.3, -0.25) is 4.98 Å². The zero-order valence-electron chi connectivity index (χ0n) is 16.2. The summed E-state index contributed by atoms with van der Waals surface area (Å²) >= 11 is 0. The summed E-state index contributed by atoms with van der Waals surface area (Å²) in [6.07, 6.45) is 7.84. The van der Waals surface area contributed by atoms with Crippen LogP contribution in [0.4, 0.5) is 10.2 Å². The molecule has 2 aliphatic rings. The Bertz CT molecular complexity index is 1030. The Labute approximate surface area is 168 Å². The van der Waals surface area contributed by atoms with Crippen LogP contribution in [0.1, 0.15) is 25.7 Å². The van der Waals surface area contributed by atoms with Crippen LogP contribution < -0.4 is 10.2 Å². The Balaban J connectivity index is 1.41. The number of aromatic hydroxyl groups is 1. The van der Waals surface area contributed by atoms with E-state index in [1.54, 1.807) is 24.7 Å². The highest BCUT2D eigenvalue weighted by atomic mass is 19.1. The number of piperidine rings is 2. The van der Waals surface area contributed by atoms with Gasteiger partial charge in [-0.05, 0) is 42.8 Å². The first-order valence-corrected chi connectivity index (χ1v) is 10.00. The number of aromatic nitrogens is 4. The molecule has 2 saturated heterocycles. The Hall–Kier alpha value is -2.87. The largest absolute Gasteiger partial charge is 0.507 e. The number of fused-ring (bicyclic) bond motifs is 3. The van der Waals surface area contributed by atoms with Crippen LogP contribution in [-0.2, 0) is 0 Å². The van der Waals surface area contributed by atoms with Gasteiger partial charge >= 0.3 is 0 Å². The lowest BCUT2D eigenvalue weighted by molar-refractivity contribution is 0.107. The third kappa shape index (κ3) is 3.27. The molecule has 4 heterocycles. The molecule has 2 fully saturated rings. The molecule has 2 aliphatic heterocycles. The molecule has 7 nitrogen and oxygen atoms in total. The first-order chi connectivity index (χ1) is 14.1. The molecule has 1 aromatic carbocycles. The van der Waals surface area contributed by atoms with Gasteiger partial charge in [0.15, 0.2) is 11.6 Å². The first-order valence-electron chi connectivity index (χ1n) is 10.00. The summed E-state index contributed by atoms with van der Waals surface area (Å²) in [6, 6.07) is 5.36. The van der Waals surface area contributed by atoms with E-state index >= 15 is 0 Å². The number of hydrogen-bond acceptors (Lipinski definition) is 7. The van der Waals surface area contributed by atoms with Crippen molar-refractivity contribution in [2.24, 2.45) is 0 Å². The van der Waals surface area contributed by atoms with Crippen molar-refractivity contribution in [1.29, 1.82) is 0 Å². The molecular formula is C21H23FN6O. The van der Waals surface area contributed by atoms with Gasteiger partial charge in [-0.2, -0.15) is 0 Å². The summed E-state index contributed by atoms with van der Waals surface area (Å²) in [7, 11) is 1.85. The molecular weight excluding hydrogens is 371 g/mol. The number of pyridine rings is 1. The van der Waals surface area contributed by atoms with E-state index in [4.69, 9.17) is 0 Å². The topological polar surface area (TPSA) is 87.1 Å². The molecule has 8 heteroatoms. The quantitative estimate of drug-likeness (QED) is 0.706. The fraction of sp³-hybridized carbons (Fsp3) is 0.429. The Morgan fingerprint density at radius 2 is 2.07 bits per heavy atom. The van der Waals surface area contributed by atoms with Crippen molar-refractivity contribution >= 4 is 16.6 Å². The number of nitrogens with one attached hydrogen (secondary N) is 1. The molecule has 5 rings (SSSR count). The molecule has 2 bridgehead atoms. The maximum absolute atomic E-state index is 15.0. The average molecular weight is 394 g/mol. The van der Waals surface area contributed by atoms with Crippen LogP contribution >= 0.6 is 0 Å². The Morgan fingerprint density at radius 3 is 2.90 bits per heavy atom. The summed E-state index contributed by atoms with van der Waals surface area (Å²) in [4.78, 5) is 10.3. The van der Waals surface area contributed by atoms with Gasteiger partial charge in [-0.1, -0.05) is 6.42 Å². The molecule has 3 aromatic rings. The molecule has 0 saturated carbocycles. The number of benzene rings is 1. The number of halogens is 1. The lowest BCUT2D eigenvalue weighted by Crippen LogP contribution is -2.61.